The van der Waals surface area contributed by atoms with Crippen molar-refractivity contribution in [2.75, 3.05) is 25.2 Å². The van der Waals surface area contributed by atoms with Crippen LogP contribution in [0.1, 0.15) is 5.56 Å². The molecule has 10 heteroatoms. The molecule has 2 aromatic rings. The predicted octanol–water partition coefficient (Wildman–Crippen LogP) is 1.65. The molecule has 0 saturated heterocycles. The zero-order valence-electron chi connectivity index (χ0n) is 13.9. The summed E-state index contributed by atoms with van der Waals surface area (Å²) >= 11 is 0. The van der Waals surface area contributed by atoms with Crippen molar-refractivity contribution in [3.63, 3.8) is 0 Å². The van der Waals surface area contributed by atoms with Crippen LogP contribution in [-0.4, -0.2) is 33.6 Å². The fourth-order valence-corrected chi connectivity index (χ4v) is 3.23. The Bertz CT molecular complexity index is 960. The predicted molar refractivity (Wildman–Crippen MR) is 94.0 cm³/mol. The smallest absolute Gasteiger partial charge is 0.293 e. The van der Waals surface area contributed by atoms with Crippen molar-refractivity contribution in [3.05, 3.63) is 52.1 Å². The molecule has 0 spiro atoms. The largest absolute Gasteiger partial charge is 0.486 e. The minimum atomic E-state index is -4.02. The Morgan fingerprint density at radius 1 is 1.15 bits per heavy atom. The Labute approximate surface area is 150 Å². The van der Waals surface area contributed by atoms with E-state index in [1.807, 2.05) is 12.1 Å². The minimum Gasteiger partial charge on any atom is -0.486 e. The summed E-state index contributed by atoms with van der Waals surface area (Å²) in [6, 6.07) is 9.03. The number of anilines is 1. The van der Waals surface area contributed by atoms with E-state index in [4.69, 9.17) is 14.6 Å². The van der Waals surface area contributed by atoms with Crippen LogP contribution in [0.2, 0.25) is 0 Å². The van der Waals surface area contributed by atoms with Crippen LogP contribution in [0.4, 0.5) is 11.4 Å². The summed E-state index contributed by atoms with van der Waals surface area (Å²) in [7, 11) is -2.35. The molecule has 0 unspecified atom stereocenters. The van der Waals surface area contributed by atoms with Crippen molar-refractivity contribution >= 4 is 21.4 Å². The molecule has 0 aliphatic carbocycles. The summed E-state index contributed by atoms with van der Waals surface area (Å²) in [6.45, 7) is 1.31. The van der Waals surface area contributed by atoms with E-state index in [0.29, 0.717) is 31.3 Å². The van der Waals surface area contributed by atoms with E-state index in [9.17, 15) is 18.5 Å². The molecule has 3 rings (SSSR count). The van der Waals surface area contributed by atoms with E-state index in [-0.39, 0.29) is 16.3 Å². The maximum absolute atomic E-state index is 11.4. The Balaban J connectivity index is 1.90. The monoisotopic (exact) mass is 379 g/mol. The number of primary sulfonamides is 1. The third-order valence-corrected chi connectivity index (χ3v) is 4.82. The topological polar surface area (TPSA) is 125 Å². The van der Waals surface area contributed by atoms with Gasteiger partial charge >= 0.3 is 0 Å². The Kier molecular flexibility index (Phi) is 4.70. The molecule has 0 bridgehead atoms. The van der Waals surface area contributed by atoms with Crippen LogP contribution < -0.4 is 19.5 Å². The molecule has 2 aromatic carbocycles. The second-order valence-corrected chi connectivity index (χ2v) is 7.35. The number of sulfonamides is 1. The summed E-state index contributed by atoms with van der Waals surface area (Å²) in [6.07, 6.45) is 0. The molecule has 0 fully saturated rings. The summed E-state index contributed by atoms with van der Waals surface area (Å²) in [5.41, 5.74) is 0.801. The van der Waals surface area contributed by atoms with E-state index in [0.717, 1.165) is 11.6 Å². The normalized spacial score (nSPS) is 13.3. The molecular formula is C16H17N3O6S. The first kappa shape index (κ1) is 18.0. The summed E-state index contributed by atoms with van der Waals surface area (Å²) in [4.78, 5) is 12.1. The molecule has 0 atom stereocenters. The van der Waals surface area contributed by atoms with Gasteiger partial charge < -0.3 is 14.4 Å². The highest BCUT2D eigenvalue weighted by Crippen LogP contribution is 2.33. The Morgan fingerprint density at radius 2 is 1.85 bits per heavy atom. The average Bonchev–Trinajstić information content (AvgIpc) is 2.60. The van der Waals surface area contributed by atoms with E-state index in [1.165, 1.54) is 12.1 Å². The summed E-state index contributed by atoms with van der Waals surface area (Å²) < 4.78 is 33.9. The molecule has 26 heavy (non-hydrogen) atoms. The minimum absolute atomic E-state index is 0.275. The van der Waals surface area contributed by atoms with Gasteiger partial charge in [0.1, 0.15) is 18.9 Å². The van der Waals surface area contributed by atoms with Crippen molar-refractivity contribution in [1.29, 1.82) is 0 Å². The van der Waals surface area contributed by atoms with Gasteiger partial charge in [0.05, 0.1) is 9.82 Å². The lowest BCUT2D eigenvalue weighted by molar-refractivity contribution is -0.384. The first-order chi connectivity index (χ1) is 12.3. The average molecular weight is 379 g/mol. The van der Waals surface area contributed by atoms with E-state index in [1.54, 1.807) is 18.0 Å². The highest BCUT2D eigenvalue weighted by Gasteiger charge is 2.22. The van der Waals surface area contributed by atoms with Gasteiger partial charge in [0.15, 0.2) is 11.5 Å². The first-order valence-corrected chi connectivity index (χ1v) is 9.21. The van der Waals surface area contributed by atoms with Crippen LogP contribution in [0.5, 0.6) is 11.5 Å². The van der Waals surface area contributed by atoms with Gasteiger partial charge in [-0.3, -0.25) is 10.1 Å². The van der Waals surface area contributed by atoms with Gasteiger partial charge in [-0.2, -0.15) is 0 Å². The lowest BCUT2D eigenvalue weighted by Crippen LogP contribution is -2.20. The van der Waals surface area contributed by atoms with Crippen LogP contribution in [0.25, 0.3) is 0 Å². The fraction of sp³-hybridized carbons (Fsp3) is 0.250. The molecular weight excluding hydrogens is 362 g/mol. The maximum atomic E-state index is 11.4. The third-order valence-electron chi connectivity index (χ3n) is 3.91. The zero-order valence-corrected chi connectivity index (χ0v) is 14.7. The van der Waals surface area contributed by atoms with Gasteiger partial charge in [-0.05, 0) is 29.8 Å². The van der Waals surface area contributed by atoms with Gasteiger partial charge in [-0.25, -0.2) is 13.6 Å². The second-order valence-electron chi connectivity index (χ2n) is 5.79. The number of nitro benzene ring substituents is 1. The molecule has 2 N–H and O–H groups in total. The molecule has 138 valence electrons. The molecule has 0 saturated carbocycles. The van der Waals surface area contributed by atoms with Crippen LogP contribution in [0, 0.1) is 10.1 Å². The van der Waals surface area contributed by atoms with E-state index < -0.39 is 14.9 Å². The highest BCUT2D eigenvalue weighted by atomic mass is 32.2. The number of ether oxygens (including phenoxy) is 2. The van der Waals surface area contributed by atoms with Gasteiger partial charge in [0.2, 0.25) is 10.0 Å². The highest BCUT2D eigenvalue weighted by molar-refractivity contribution is 7.89. The molecule has 0 radical (unpaired) electrons. The quantitative estimate of drug-likeness (QED) is 0.618. The number of hydrogen-bond donors (Lipinski definition) is 1. The molecule has 1 heterocycles. The molecule has 1 aliphatic rings. The van der Waals surface area contributed by atoms with Gasteiger partial charge in [-0.15, -0.1) is 0 Å². The lowest BCUT2D eigenvalue weighted by Gasteiger charge is -2.22. The van der Waals surface area contributed by atoms with E-state index in [2.05, 4.69) is 0 Å². The fourth-order valence-electron chi connectivity index (χ4n) is 2.69. The van der Waals surface area contributed by atoms with Gasteiger partial charge in [0, 0.05) is 19.7 Å². The Hall–Kier alpha value is -2.85. The second kappa shape index (κ2) is 6.81. The first-order valence-electron chi connectivity index (χ1n) is 7.66. The molecule has 0 amide bonds. The molecule has 0 aromatic heterocycles. The van der Waals surface area contributed by atoms with Gasteiger partial charge in [0.25, 0.3) is 5.69 Å². The van der Waals surface area contributed by atoms with Crippen molar-refractivity contribution < 1.29 is 22.8 Å². The molecule has 9 nitrogen and oxygen atoms in total. The van der Waals surface area contributed by atoms with Crippen molar-refractivity contribution in [1.82, 2.24) is 0 Å². The number of nitrogens with zero attached hydrogens (tertiary/aromatic N) is 2. The van der Waals surface area contributed by atoms with Crippen molar-refractivity contribution in [2.45, 2.75) is 11.4 Å². The summed E-state index contributed by atoms with van der Waals surface area (Å²) in [5, 5.41) is 16.4. The number of nitrogens with two attached hydrogens (primary N) is 1. The molecule has 1 aliphatic heterocycles. The zero-order chi connectivity index (χ0) is 18.9. The van der Waals surface area contributed by atoms with E-state index >= 15 is 0 Å². The number of rotatable bonds is 5. The third kappa shape index (κ3) is 3.70. The number of benzene rings is 2. The maximum Gasteiger partial charge on any atom is 0.293 e. The number of fused-ring (bicyclic) bond motifs is 1. The number of nitro groups is 1. The lowest BCUT2D eigenvalue weighted by atomic mass is 10.1. The Morgan fingerprint density at radius 3 is 2.50 bits per heavy atom. The SMILES string of the molecule is CN(Cc1ccc2c(c1)OCCO2)c1ccc(S(N)(=O)=O)cc1[N+](=O)[O-]. The van der Waals surface area contributed by atoms with Crippen LogP contribution in [0.3, 0.4) is 0 Å². The summed E-state index contributed by atoms with van der Waals surface area (Å²) in [5.74, 6) is 1.28. The standard InChI is InChI=1S/C16H17N3O6S/c1-18(10-11-2-5-15-16(8-11)25-7-6-24-15)13-4-3-12(26(17,22)23)9-14(13)19(20)21/h2-5,8-9H,6-7,10H2,1H3,(H2,17,22,23). The van der Waals surface area contributed by atoms with Crippen LogP contribution in [-0.2, 0) is 16.6 Å². The van der Waals surface area contributed by atoms with Crippen LogP contribution >= 0.6 is 0 Å². The number of hydrogen-bond acceptors (Lipinski definition) is 7. The van der Waals surface area contributed by atoms with Gasteiger partial charge in [-0.1, -0.05) is 6.07 Å². The van der Waals surface area contributed by atoms with Crippen LogP contribution in [0.15, 0.2) is 41.3 Å². The van der Waals surface area contributed by atoms with Crippen molar-refractivity contribution in [3.8, 4) is 11.5 Å². The van der Waals surface area contributed by atoms with Crippen molar-refractivity contribution in [2.24, 2.45) is 5.14 Å².